The van der Waals surface area contributed by atoms with Crippen molar-refractivity contribution in [1.29, 1.82) is 0 Å². The second kappa shape index (κ2) is 6.41. The van der Waals surface area contributed by atoms with Gasteiger partial charge in [-0.25, -0.2) is 9.97 Å². The largest absolute Gasteiger partial charge is 0.342 e. The summed E-state index contributed by atoms with van der Waals surface area (Å²) in [4.78, 5) is 20.9. The van der Waals surface area contributed by atoms with Gasteiger partial charge in [0.05, 0.1) is 18.6 Å². The van der Waals surface area contributed by atoms with Crippen LogP contribution in [0.1, 0.15) is 11.6 Å². The van der Waals surface area contributed by atoms with E-state index in [-0.39, 0.29) is 6.04 Å². The van der Waals surface area contributed by atoms with Crippen LogP contribution in [0.3, 0.4) is 0 Å². The zero-order valence-corrected chi connectivity index (χ0v) is 13.5. The minimum Gasteiger partial charge on any atom is -0.342 e. The van der Waals surface area contributed by atoms with Crippen molar-refractivity contribution in [2.24, 2.45) is 0 Å². The first-order valence-corrected chi connectivity index (χ1v) is 8.18. The van der Waals surface area contributed by atoms with Gasteiger partial charge in [0.25, 0.3) is 0 Å². The number of aromatic amines is 1. The summed E-state index contributed by atoms with van der Waals surface area (Å²) in [6.45, 7) is 7.72. The molecular weight excluding hydrogens is 300 g/mol. The van der Waals surface area contributed by atoms with Crippen LogP contribution in [-0.2, 0) is 0 Å². The predicted molar refractivity (Wildman–Crippen MR) is 94.8 cm³/mol. The molecule has 2 aromatic heterocycles. The van der Waals surface area contributed by atoms with Crippen molar-refractivity contribution in [3.63, 3.8) is 0 Å². The molecule has 3 heterocycles. The molecule has 1 aliphatic rings. The fourth-order valence-electron chi connectivity index (χ4n) is 3.23. The lowest BCUT2D eigenvalue weighted by Crippen LogP contribution is -2.47. The summed E-state index contributed by atoms with van der Waals surface area (Å²) in [5.74, 6) is 0.754. The molecule has 1 N–H and O–H groups in total. The average molecular weight is 320 g/mol. The fraction of sp³-hybridized carbons (Fsp3) is 0.278. The monoisotopic (exact) mass is 320 g/mol. The molecule has 24 heavy (non-hydrogen) atoms. The third kappa shape index (κ3) is 2.76. The maximum atomic E-state index is 4.54. The number of aromatic nitrogens is 4. The molecule has 1 saturated heterocycles. The second-order valence-electron chi connectivity index (χ2n) is 5.92. The summed E-state index contributed by atoms with van der Waals surface area (Å²) >= 11 is 0. The number of fused-ring (bicyclic) bond motifs is 1. The summed E-state index contributed by atoms with van der Waals surface area (Å²) in [5, 5.41) is 0. The number of benzene rings is 1. The van der Waals surface area contributed by atoms with Gasteiger partial charge in [0.2, 0.25) is 5.95 Å². The van der Waals surface area contributed by atoms with E-state index in [9.17, 15) is 0 Å². The zero-order valence-electron chi connectivity index (χ0n) is 13.5. The molecular formula is C18H20N6. The Balaban J connectivity index is 1.47. The van der Waals surface area contributed by atoms with Crippen molar-refractivity contribution >= 4 is 17.1 Å². The summed E-state index contributed by atoms with van der Waals surface area (Å²) < 4.78 is 0. The topological polar surface area (TPSA) is 60.9 Å². The minimum atomic E-state index is 0.253. The van der Waals surface area contributed by atoms with Gasteiger partial charge in [0, 0.05) is 26.2 Å². The molecule has 1 unspecified atom stereocenters. The Morgan fingerprint density at radius 2 is 1.88 bits per heavy atom. The molecule has 0 amide bonds. The Kier molecular flexibility index (Phi) is 3.96. The number of nitrogens with zero attached hydrogens (tertiary/aromatic N) is 5. The Morgan fingerprint density at radius 3 is 2.62 bits per heavy atom. The van der Waals surface area contributed by atoms with Crippen molar-refractivity contribution in [3.05, 3.63) is 61.1 Å². The van der Waals surface area contributed by atoms with Crippen molar-refractivity contribution in [1.82, 2.24) is 24.8 Å². The van der Waals surface area contributed by atoms with Crippen molar-refractivity contribution < 1.29 is 0 Å². The van der Waals surface area contributed by atoms with Gasteiger partial charge in [-0.15, -0.1) is 6.58 Å². The highest BCUT2D eigenvalue weighted by molar-refractivity contribution is 5.69. The molecule has 3 aromatic rings. The zero-order chi connectivity index (χ0) is 16.4. The van der Waals surface area contributed by atoms with Crippen LogP contribution in [0.15, 0.2) is 55.5 Å². The third-order valence-corrected chi connectivity index (χ3v) is 4.52. The first kappa shape index (κ1) is 14.8. The summed E-state index contributed by atoms with van der Waals surface area (Å²) in [5.41, 5.74) is 2.87. The number of hydrogen-bond acceptors (Lipinski definition) is 5. The van der Waals surface area contributed by atoms with Crippen molar-refractivity contribution in [2.75, 3.05) is 31.1 Å². The van der Waals surface area contributed by atoms with Gasteiger partial charge in [0.1, 0.15) is 5.52 Å². The van der Waals surface area contributed by atoms with Crippen LogP contribution in [0.25, 0.3) is 11.2 Å². The Morgan fingerprint density at radius 1 is 1.08 bits per heavy atom. The molecule has 6 heteroatoms. The SMILES string of the molecule is C=CC(c1ccccc1)N1CCN(c2ncc3[nH]cnc3n2)CC1. The van der Waals surface area contributed by atoms with Gasteiger partial charge in [-0.1, -0.05) is 36.4 Å². The number of nitrogens with one attached hydrogen (secondary N) is 1. The van der Waals surface area contributed by atoms with Crippen LogP contribution < -0.4 is 4.90 Å². The van der Waals surface area contributed by atoms with Gasteiger partial charge in [0.15, 0.2) is 5.65 Å². The van der Waals surface area contributed by atoms with Crippen LogP contribution in [0.4, 0.5) is 5.95 Å². The Hall–Kier alpha value is -2.73. The molecule has 1 fully saturated rings. The maximum Gasteiger partial charge on any atom is 0.227 e. The fourth-order valence-corrected chi connectivity index (χ4v) is 3.23. The van der Waals surface area contributed by atoms with Crippen LogP contribution >= 0.6 is 0 Å². The number of hydrogen-bond donors (Lipinski definition) is 1. The molecule has 4 rings (SSSR count). The predicted octanol–water partition coefficient (Wildman–Crippen LogP) is 2.40. The second-order valence-corrected chi connectivity index (χ2v) is 5.92. The first-order chi connectivity index (χ1) is 11.8. The molecule has 0 bridgehead atoms. The van der Waals surface area contributed by atoms with Crippen LogP contribution in [0, 0.1) is 0 Å². The smallest absolute Gasteiger partial charge is 0.227 e. The molecule has 0 radical (unpaired) electrons. The van der Waals surface area contributed by atoms with Gasteiger partial charge in [-0.05, 0) is 5.56 Å². The number of H-pyrrole nitrogens is 1. The normalized spacial score (nSPS) is 17.1. The maximum absolute atomic E-state index is 4.54. The van der Waals surface area contributed by atoms with Gasteiger partial charge >= 0.3 is 0 Å². The first-order valence-electron chi connectivity index (χ1n) is 8.18. The van der Waals surface area contributed by atoms with Crippen LogP contribution in [-0.4, -0.2) is 51.0 Å². The van der Waals surface area contributed by atoms with Crippen molar-refractivity contribution in [3.8, 4) is 0 Å². The highest BCUT2D eigenvalue weighted by Crippen LogP contribution is 2.24. The van der Waals surface area contributed by atoms with E-state index in [1.165, 1.54) is 5.56 Å². The summed E-state index contributed by atoms with van der Waals surface area (Å²) in [6.07, 6.45) is 5.47. The molecule has 1 atom stereocenters. The number of anilines is 1. The van der Waals surface area contributed by atoms with E-state index in [0.29, 0.717) is 0 Å². The number of piperazine rings is 1. The molecule has 0 aliphatic carbocycles. The molecule has 1 aromatic carbocycles. The molecule has 0 saturated carbocycles. The molecule has 122 valence electrons. The summed E-state index contributed by atoms with van der Waals surface area (Å²) in [7, 11) is 0. The van der Waals surface area contributed by atoms with Crippen molar-refractivity contribution in [2.45, 2.75) is 6.04 Å². The third-order valence-electron chi connectivity index (χ3n) is 4.52. The van der Waals surface area contributed by atoms with E-state index in [4.69, 9.17) is 0 Å². The van der Waals surface area contributed by atoms with E-state index in [0.717, 1.165) is 43.3 Å². The lowest BCUT2D eigenvalue weighted by molar-refractivity contribution is 0.217. The highest BCUT2D eigenvalue weighted by Gasteiger charge is 2.24. The van der Waals surface area contributed by atoms with Crippen LogP contribution in [0.2, 0.25) is 0 Å². The standard InChI is InChI=1S/C18H20N6/c1-2-16(14-6-4-3-5-7-14)23-8-10-24(11-9-23)18-19-12-15-17(22-18)21-13-20-15/h2-7,12-13,16H,1,8-11H2,(H,19,20,21,22). The summed E-state index contributed by atoms with van der Waals surface area (Å²) in [6, 6.07) is 10.8. The van der Waals surface area contributed by atoms with E-state index < -0.39 is 0 Å². The average Bonchev–Trinajstić information content (AvgIpc) is 3.12. The Bertz CT molecular complexity index is 820. The van der Waals surface area contributed by atoms with Gasteiger partial charge in [-0.3, -0.25) is 4.90 Å². The van der Waals surface area contributed by atoms with Crippen LogP contribution in [0.5, 0.6) is 0 Å². The van der Waals surface area contributed by atoms with E-state index in [2.05, 4.69) is 60.6 Å². The number of rotatable bonds is 4. The molecule has 6 nitrogen and oxygen atoms in total. The van der Waals surface area contributed by atoms with Gasteiger partial charge in [-0.2, -0.15) is 4.98 Å². The van der Waals surface area contributed by atoms with E-state index in [1.807, 2.05) is 12.1 Å². The van der Waals surface area contributed by atoms with Gasteiger partial charge < -0.3 is 9.88 Å². The minimum absolute atomic E-state index is 0.253. The number of imidazole rings is 1. The lowest BCUT2D eigenvalue weighted by Gasteiger charge is -2.38. The lowest BCUT2D eigenvalue weighted by atomic mass is 10.0. The molecule has 0 spiro atoms. The quantitative estimate of drug-likeness (QED) is 0.748. The molecule has 1 aliphatic heterocycles. The van der Waals surface area contributed by atoms with E-state index in [1.54, 1.807) is 12.5 Å². The Labute approximate surface area is 140 Å². The van der Waals surface area contributed by atoms with E-state index >= 15 is 0 Å². The highest BCUT2D eigenvalue weighted by atomic mass is 15.3.